The molecule has 0 aliphatic carbocycles. The summed E-state index contributed by atoms with van der Waals surface area (Å²) in [5.74, 6) is 0.235. The van der Waals surface area contributed by atoms with Gasteiger partial charge in [0.05, 0.1) is 6.54 Å². The second kappa shape index (κ2) is 5.06. The number of nitrogens with zero attached hydrogens (tertiary/aromatic N) is 1. The fraction of sp³-hybridized carbons (Fsp3) is 0.500. The van der Waals surface area contributed by atoms with Gasteiger partial charge in [-0.25, -0.2) is 0 Å². The summed E-state index contributed by atoms with van der Waals surface area (Å²) < 4.78 is 1.17. The molecule has 1 aliphatic heterocycles. The van der Waals surface area contributed by atoms with Crippen LogP contribution in [-0.2, 0) is 0 Å². The predicted molar refractivity (Wildman–Crippen MR) is 78.3 cm³/mol. The Balaban J connectivity index is 1.96. The lowest BCUT2D eigenvalue weighted by Gasteiger charge is -2.18. The van der Waals surface area contributed by atoms with Crippen LogP contribution in [0, 0.1) is 8.99 Å². The summed E-state index contributed by atoms with van der Waals surface area (Å²) in [5, 5.41) is 0. The molecule has 0 aromatic heterocycles. The average molecular weight is 343 g/mol. The quantitative estimate of drug-likeness (QED) is 0.621. The largest absolute Gasteiger partial charge is 0.295 e. The Labute approximate surface area is 117 Å². The van der Waals surface area contributed by atoms with E-state index in [1.165, 1.54) is 9.99 Å². The highest BCUT2D eigenvalue weighted by Crippen LogP contribution is 2.28. The van der Waals surface area contributed by atoms with Gasteiger partial charge in [0, 0.05) is 15.7 Å². The van der Waals surface area contributed by atoms with Gasteiger partial charge in [0.25, 0.3) is 0 Å². The number of hydrogen-bond acceptors (Lipinski definition) is 2. The molecule has 3 heteroatoms. The lowest BCUT2D eigenvalue weighted by atomic mass is 9.93. The fourth-order valence-electron chi connectivity index (χ4n) is 2.29. The van der Waals surface area contributed by atoms with Crippen molar-refractivity contribution in [2.75, 3.05) is 19.6 Å². The summed E-state index contributed by atoms with van der Waals surface area (Å²) in [6, 6.07) is 7.82. The zero-order valence-corrected chi connectivity index (χ0v) is 12.5. The van der Waals surface area contributed by atoms with Crippen molar-refractivity contribution in [3.05, 3.63) is 33.4 Å². The lowest BCUT2D eigenvalue weighted by molar-refractivity contribution is 0.0940. The fourth-order valence-corrected chi connectivity index (χ4v) is 2.65. The molecular weight excluding hydrogens is 325 g/mol. The maximum Gasteiger partial charge on any atom is 0.176 e. The summed E-state index contributed by atoms with van der Waals surface area (Å²) >= 11 is 2.25. The molecule has 1 aromatic rings. The van der Waals surface area contributed by atoms with Crippen LogP contribution < -0.4 is 0 Å². The van der Waals surface area contributed by atoms with Crippen LogP contribution in [0.1, 0.15) is 30.6 Å². The third kappa shape index (κ3) is 3.52. The zero-order chi connectivity index (χ0) is 12.5. The van der Waals surface area contributed by atoms with Gasteiger partial charge in [0.15, 0.2) is 5.78 Å². The molecule has 1 aromatic carbocycles. The summed E-state index contributed by atoms with van der Waals surface area (Å²) in [5.41, 5.74) is 1.20. The van der Waals surface area contributed by atoms with Crippen molar-refractivity contribution < 1.29 is 4.79 Å². The predicted octanol–water partition coefficient (Wildman–Crippen LogP) is 3.21. The second-order valence-electron chi connectivity index (χ2n) is 5.55. The van der Waals surface area contributed by atoms with Crippen LogP contribution in [0.2, 0.25) is 0 Å². The van der Waals surface area contributed by atoms with E-state index < -0.39 is 0 Å². The first-order valence-electron chi connectivity index (χ1n) is 5.97. The van der Waals surface area contributed by atoms with Gasteiger partial charge in [-0.2, -0.15) is 0 Å². The summed E-state index contributed by atoms with van der Waals surface area (Å²) in [6.45, 7) is 7.17. The maximum atomic E-state index is 12.1. The molecular formula is C14H18INO. The average Bonchev–Trinajstić information content (AvgIpc) is 2.59. The van der Waals surface area contributed by atoms with E-state index in [0.29, 0.717) is 12.0 Å². The van der Waals surface area contributed by atoms with Gasteiger partial charge in [0.1, 0.15) is 0 Å². The monoisotopic (exact) mass is 343 g/mol. The third-order valence-electron chi connectivity index (χ3n) is 3.29. The topological polar surface area (TPSA) is 20.3 Å². The van der Waals surface area contributed by atoms with Crippen molar-refractivity contribution in [3.8, 4) is 0 Å². The molecule has 17 heavy (non-hydrogen) atoms. The third-order valence-corrected chi connectivity index (χ3v) is 4.01. The highest BCUT2D eigenvalue weighted by atomic mass is 127. The van der Waals surface area contributed by atoms with Crippen LogP contribution in [-0.4, -0.2) is 30.3 Å². The molecule has 2 rings (SSSR count). The molecule has 0 bridgehead atoms. The van der Waals surface area contributed by atoms with E-state index in [4.69, 9.17) is 0 Å². The van der Waals surface area contributed by atoms with Gasteiger partial charge >= 0.3 is 0 Å². The van der Waals surface area contributed by atoms with E-state index in [9.17, 15) is 4.79 Å². The minimum atomic E-state index is 0.235. The molecule has 0 saturated carbocycles. The normalized spacial score (nSPS) is 19.5. The zero-order valence-electron chi connectivity index (χ0n) is 10.4. The Hall–Kier alpha value is -0.420. The smallest absolute Gasteiger partial charge is 0.176 e. The van der Waals surface area contributed by atoms with E-state index in [1.54, 1.807) is 0 Å². The number of rotatable bonds is 3. The Kier molecular flexibility index (Phi) is 3.88. The van der Waals surface area contributed by atoms with Crippen LogP contribution in [0.5, 0.6) is 0 Å². The van der Waals surface area contributed by atoms with Gasteiger partial charge in [-0.1, -0.05) is 26.0 Å². The summed E-state index contributed by atoms with van der Waals surface area (Å²) in [6.07, 6.45) is 1.19. The molecule has 1 aliphatic rings. The molecule has 92 valence electrons. The molecule has 0 radical (unpaired) electrons. The van der Waals surface area contributed by atoms with Crippen molar-refractivity contribution in [1.29, 1.82) is 0 Å². The van der Waals surface area contributed by atoms with Crippen molar-refractivity contribution in [1.82, 2.24) is 4.90 Å². The van der Waals surface area contributed by atoms with E-state index in [0.717, 1.165) is 18.7 Å². The van der Waals surface area contributed by atoms with Gasteiger partial charge in [-0.05, 0) is 53.1 Å². The first kappa shape index (κ1) is 13.0. The molecule has 1 saturated heterocycles. The number of hydrogen-bond donors (Lipinski definition) is 0. The van der Waals surface area contributed by atoms with Crippen LogP contribution in [0.15, 0.2) is 24.3 Å². The number of carbonyl (C=O) groups excluding carboxylic acids is 1. The van der Waals surface area contributed by atoms with Gasteiger partial charge in [-0.3, -0.25) is 9.69 Å². The van der Waals surface area contributed by atoms with E-state index in [1.807, 2.05) is 24.3 Å². The first-order chi connectivity index (χ1) is 7.96. The molecule has 2 nitrogen and oxygen atoms in total. The molecule has 0 unspecified atom stereocenters. The molecule has 1 heterocycles. The van der Waals surface area contributed by atoms with Crippen LogP contribution in [0.4, 0.5) is 0 Å². The standard InChI is InChI=1S/C14H18INO/c1-14(2)7-8-16(10-14)9-13(17)11-3-5-12(15)6-4-11/h3-6H,7-10H2,1-2H3. The molecule has 0 N–H and O–H groups in total. The number of carbonyl (C=O) groups is 1. The van der Waals surface area contributed by atoms with Crippen LogP contribution in [0.25, 0.3) is 0 Å². The van der Waals surface area contributed by atoms with Gasteiger partial charge in [0.2, 0.25) is 0 Å². The Morgan fingerprint density at radius 3 is 2.53 bits per heavy atom. The summed E-state index contributed by atoms with van der Waals surface area (Å²) in [7, 11) is 0. The van der Waals surface area contributed by atoms with E-state index >= 15 is 0 Å². The Bertz CT molecular complexity index is 411. The number of benzene rings is 1. The minimum Gasteiger partial charge on any atom is -0.295 e. The Morgan fingerprint density at radius 1 is 1.35 bits per heavy atom. The summed E-state index contributed by atoms with van der Waals surface area (Å²) in [4.78, 5) is 14.3. The molecule has 0 amide bonds. The SMILES string of the molecule is CC1(C)CCN(CC(=O)c2ccc(I)cc2)C1. The highest BCUT2D eigenvalue weighted by Gasteiger charge is 2.30. The lowest BCUT2D eigenvalue weighted by Crippen LogP contribution is -2.29. The maximum absolute atomic E-state index is 12.1. The van der Waals surface area contributed by atoms with Crippen molar-refractivity contribution in [2.45, 2.75) is 20.3 Å². The molecule has 0 spiro atoms. The minimum absolute atomic E-state index is 0.235. The molecule has 0 atom stereocenters. The number of ketones is 1. The van der Waals surface area contributed by atoms with E-state index in [2.05, 4.69) is 41.3 Å². The number of likely N-dealkylation sites (tertiary alicyclic amines) is 1. The first-order valence-corrected chi connectivity index (χ1v) is 7.05. The van der Waals surface area contributed by atoms with E-state index in [-0.39, 0.29) is 5.78 Å². The molecule has 1 fully saturated rings. The highest BCUT2D eigenvalue weighted by molar-refractivity contribution is 14.1. The van der Waals surface area contributed by atoms with Crippen LogP contribution in [0.3, 0.4) is 0 Å². The van der Waals surface area contributed by atoms with Gasteiger partial charge < -0.3 is 0 Å². The van der Waals surface area contributed by atoms with Crippen molar-refractivity contribution in [3.63, 3.8) is 0 Å². The van der Waals surface area contributed by atoms with Gasteiger partial charge in [-0.15, -0.1) is 0 Å². The van der Waals surface area contributed by atoms with Crippen molar-refractivity contribution >= 4 is 28.4 Å². The van der Waals surface area contributed by atoms with Crippen molar-refractivity contribution in [2.24, 2.45) is 5.41 Å². The number of halogens is 1. The van der Waals surface area contributed by atoms with Crippen LogP contribution >= 0.6 is 22.6 Å². The second-order valence-corrected chi connectivity index (χ2v) is 6.80. The Morgan fingerprint density at radius 2 is 2.00 bits per heavy atom. The number of Topliss-reactive ketones (excluding diaryl/α,β-unsaturated/α-hetero) is 1.